The summed E-state index contributed by atoms with van der Waals surface area (Å²) in [5, 5.41) is 0. The van der Waals surface area contributed by atoms with Gasteiger partial charge in [0.1, 0.15) is 11.6 Å². The van der Waals surface area contributed by atoms with Crippen molar-refractivity contribution in [1.29, 1.82) is 0 Å². The minimum Gasteiger partial charge on any atom is -0.495 e. The Balaban J connectivity index is 2.14. The number of rotatable bonds is 4. The molecule has 1 heterocycles. The van der Waals surface area contributed by atoms with E-state index in [1.807, 2.05) is 25.1 Å². The maximum atomic E-state index is 5.90. The number of benzene rings is 2. The number of hydrogen-bond acceptors (Lipinski definition) is 4. The van der Waals surface area contributed by atoms with Gasteiger partial charge in [-0.05, 0) is 36.2 Å². The summed E-state index contributed by atoms with van der Waals surface area (Å²) in [6.45, 7) is 6.88. The Bertz CT molecular complexity index is 899. The number of aryl methyl sites for hydroxylation is 1. The minimum atomic E-state index is -0.0702. The van der Waals surface area contributed by atoms with Crippen LogP contribution in [0.4, 0.5) is 0 Å². The summed E-state index contributed by atoms with van der Waals surface area (Å²) in [6, 6.07) is 10.3. The number of hydrogen-bond donors (Lipinski definition) is 3. The summed E-state index contributed by atoms with van der Waals surface area (Å²) in [7, 11) is 1.66. The summed E-state index contributed by atoms with van der Waals surface area (Å²) >= 11 is 4.56. The van der Waals surface area contributed by atoms with Crippen molar-refractivity contribution < 1.29 is 4.74 Å². The second-order valence-electron chi connectivity index (χ2n) is 6.72. The van der Waals surface area contributed by atoms with Crippen LogP contribution in [0, 0.1) is 6.92 Å². The van der Waals surface area contributed by atoms with E-state index < -0.39 is 0 Å². The average molecular weight is 341 g/mol. The maximum Gasteiger partial charge on any atom is 0.143 e. The van der Waals surface area contributed by atoms with E-state index in [1.165, 1.54) is 5.56 Å². The number of ether oxygens (including phenoxy) is 1. The van der Waals surface area contributed by atoms with Gasteiger partial charge in [-0.1, -0.05) is 26.0 Å². The number of H-pyrrole nitrogens is 1. The highest BCUT2D eigenvalue weighted by Crippen LogP contribution is 2.37. The summed E-state index contributed by atoms with van der Waals surface area (Å²) in [4.78, 5) is 8.95. The SMILES string of the molecule is COc1c(-c2nc3ccc(C(C)(C)CN)cc3[nH]2)ccc(C)c1S. The molecular weight excluding hydrogens is 318 g/mol. The fraction of sp³-hybridized carbons (Fsp3) is 0.316. The van der Waals surface area contributed by atoms with Crippen LogP contribution in [0.2, 0.25) is 0 Å². The van der Waals surface area contributed by atoms with Crippen LogP contribution in [-0.2, 0) is 5.41 Å². The van der Waals surface area contributed by atoms with Gasteiger partial charge in [0.05, 0.1) is 23.7 Å². The van der Waals surface area contributed by atoms with Gasteiger partial charge in [0, 0.05) is 16.9 Å². The molecule has 0 saturated carbocycles. The molecule has 126 valence electrons. The van der Waals surface area contributed by atoms with Gasteiger partial charge in [0.25, 0.3) is 0 Å². The predicted molar refractivity (Wildman–Crippen MR) is 102 cm³/mol. The van der Waals surface area contributed by atoms with E-state index in [-0.39, 0.29) is 5.41 Å². The van der Waals surface area contributed by atoms with Gasteiger partial charge in [0.2, 0.25) is 0 Å². The van der Waals surface area contributed by atoms with Gasteiger partial charge < -0.3 is 15.5 Å². The molecule has 4 nitrogen and oxygen atoms in total. The van der Waals surface area contributed by atoms with Gasteiger partial charge in [-0.3, -0.25) is 0 Å². The van der Waals surface area contributed by atoms with Gasteiger partial charge in [-0.15, -0.1) is 12.6 Å². The summed E-state index contributed by atoms with van der Waals surface area (Å²) < 4.78 is 5.55. The predicted octanol–water partition coefficient (Wildman–Crippen LogP) is 4.07. The lowest BCUT2D eigenvalue weighted by atomic mass is 9.85. The molecule has 0 aliphatic heterocycles. The van der Waals surface area contributed by atoms with Gasteiger partial charge in [-0.2, -0.15) is 0 Å². The third-order valence-corrected chi connectivity index (χ3v) is 5.12. The smallest absolute Gasteiger partial charge is 0.143 e. The van der Waals surface area contributed by atoms with Crippen molar-refractivity contribution in [1.82, 2.24) is 9.97 Å². The number of nitrogens with one attached hydrogen (secondary N) is 1. The first-order valence-electron chi connectivity index (χ1n) is 7.94. The standard InChI is InChI=1S/C19H23N3OS/c1-11-5-7-13(16(23-4)17(11)24)18-21-14-8-6-12(9-15(14)22-18)19(2,3)10-20/h5-9,24H,10,20H2,1-4H3,(H,21,22). The molecule has 2 aromatic carbocycles. The zero-order valence-electron chi connectivity index (χ0n) is 14.5. The number of imidazole rings is 1. The molecule has 0 spiro atoms. The molecule has 0 aliphatic carbocycles. The monoisotopic (exact) mass is 341 g/mol. The van der Waals surface area contributed by atoms with E-state index in [2.05, 4.69) is 43.6 Å². The van der Waals surface area contributed by atoms with Gasteiger partial charge >= 0.3 is 0 Å². The van der Waals surface area contributed by atoms with Crippen LogP contribution in [0.15, 0.2) is 35.2 Å². The first kappa shape index (κ1) is 16.9. The molecule has 24 heavy (non-hydrogen) atoms. The fourth-order valence-corrected chi connectivity index (χ4v) is 3.02. The van der Waals surface area contributed by atoms with E-state index in [1.54, 1.807) is 7.11 Å². The molecule has 3 aromatic rings. The lowest BCUT2D eigenvalue weighted by Crippen LogP contribution is -2.27. The van der Waals surface area contributed by atoms with Crippen molar-refractivity contribution in [2.45, 2.75) is 31.1 Å². The van der Waals surface area contributed by atoms with E-state index in [9.17, 15) is 0 Å². The van der Waals surface area contributed by atoms with Crippen molar-refractivity contribution in [3.63, 3.8) is 0 Å². The first-order chi connectivity index (χ1) is 11.4. The Morgan fingerprint density at radius 3 is 2.67 bits per heavy atom. The highest BCUT2D eigenvalue weighted by molar-refractivity contribution is 7.80. The van der Waals surface area contributed by atoms with Crippen LogP contribution in [0.5, 0.6) is 5.75 Å². The zero-order chi connectivity index (χ0) is 17.5. The Kier molecular flexibility index (Phi) is 4.32. The summed E-state index contributed by atoms with van der Waals surface area (Å²) in [5.41, 5.74) is 10.9. The Morgan fingerprint density at radius 1 is 1.25 bits per heavy atom. The molecule has 0 fully saturated rings. The molecule has 0 unspecified atom stereocenters. The van der Waals surface area contributed by atoms with Crippen LogP contribution >= 0.6 is 12.6 Å². The first-order valence-corrected chi connectivity index (χ1v) is 8.39. The van der Waals surface area contributed by atoms with Crippen molar-refractivity contribution >= 4 is 23.7 Å². The van der Waals surface area contributed by atoms with E-state index in [0.717, 1.165) is 38.6 Å². The number of nitrogens with zero attached hydrogens (tertiary/aromatic N) is 1. The van der Waals surface area contributed by atoms with Crippen molar-refractivity contribution in [3.8, 4) is 17.1 Å². The molecule has 0 aliphatic rings. The Morgan fingerprint density at radius 2 is 2.00 bits per heavy atom. The Hall–Kier alpha value is -1.98. The molecule has 3 rings (SSSR count). The third kappa shape index (κ3) is 2.78. The van der Waals surface area contributed by atoms with E-state index in [4.69, 9.17) is 15.5 Å². The fourth-order valence-electron chi connectivity index (χ4n) is 2.74. The number of aromatic amines is 1. The van der Waals surface area contributed by atoms with Crippen LogP contribution in [-0.4, -0.2) is 23.6 Å². The average Bonchev–Trinajstić information content (AvgIpc) is 3.00. The topological polar surface area (TPSA) is 63.9 Å². The van der Waals surface area contributed by atoms with Crippen molar-refractivity contribution in [3.05, 3.63) is 41.5 Å². The molecule has 1 aromatic heterocycles. The Labute approximate surface area is 147 Å². The van der Waals surface area contributed by atoms with Crippen LogP contribution in [0.1, 0.15) is 25.0 Å². The molecule has 0 radical (unpaired) electrons. The summed E-state index contributed by atoms with van der Waals surface area (Å²) in [6.07, 6.45) is 0. The van der Waals surface area contributed by atoms with Crippen LogP contribution < -0.4 is 10.5 Å². The molecule has 0 amide bonds. The van der Waals surface area contributed by atoms with Crippen molar-refractivity contribution in [2.24, 2.45) is 5.73 Å². The van der Waals surface area contributed by atoms with Gasteiger partial charge in [-0.25, -0.2) is 4.98 Å². The molecule has 5 heteroatoms. The second-order valence-corrected chi connectivity index (χ2v) is 7.16. The lowest BCUT2D eigenvalue weighted by molar-refractivity contribution is 0.406. The molecule has 0 atom stereocenters. The number of thiol groups is 1. The summed E-state index contributed by atoms with van der Waals surface area (Å²) in [5.74, 6) is 1.51. The van der Waals surface area contributed by atoms with E-state index >= 15 is 0 Å². The molecule has 3 N–H and O–H groups in total. The zero-order valence-corrected chi connectivity index (χ0v) is 15.4. The third-order valence-electron chi connectivity index (χ3n) is 4.57. The van der Waals surface area contributed by atoms with Crippen LogP contribution in [0.25, 0.3) is 22.4 Å². The number of aromatic nitrogens is 2. The van der Waals surface area contributed by atoms with Crippen LogP contribution in [0.3, 0.4) is 0 Å². The second kappa shape index (κ2) is 6.15. The van der Waals surface area contributed by atoms with E-state index in [0.29, 0.717) is 6.54 Å². The number of fused-ring (bicyclic) bond motifs is 1. The molecule has 0 saturated heterocycles. The number of methoxy groups -OCH3 is 1. The lowest BCUT2D eigenvalue weighted by Gasteiger charge is -2.22. The largest absolute Gasteiger partial charge is 0.495 e. The highest BCUT2D eigenvalue weighted by atomic mass is 32.1. The molecular formula is C19H23N3OS. The molecule has 0 bridgehead atoms. The van der Waals surface area contributed by atoms with Gasteiger partial charge in [0.15, 0.2) is 0 Å². The minimum absolute atomic E-state index is 0.0702. The number of nitrogens with two attached hydrogens (primary N) is 1. The normalized spacial score (nSPS) is 11.9. The maximum absolute atomic E-state index is 5.90. The highest BCUT2D eigenvalue weighted by Gasteiger charge is 2.20. The quantitative estimate of drug-likeness (QED) is 0.627. The van der Waals surface area contributed by atoms with Crippen molar-refractivity contribution in [2.75, 3.05) is 13.7 Å².